The summed E-state index contributed by atoms with van der Waals surface area (Å²) in [6.45, 7) is 0. The minimum Gasteiger partial charge on any atom is -0.329 e. The zero-order valence-electron chi connectivity index (χ0n) is 9.40. The van der Waals surface area contributed by atoms with E-state index in [1.54, 1.807) is 12.3 Å². The molecule has 0 bridgehead atoms. The molecule has 4 heteroatoms. The summed E-state index contributed by atoms with van der Waals surface area (Å²) in [5, 5.41) is 0. The van der Waals surface area contributed by atoms with Crippen LogP contribution in [-0.4, -0.2) is 12.0 Å². The molecule has 0 atom stereocenters. The molecule has 17 heavy (non-hydrogen) atoms. The van der Waals surface area contributed by atoms with E-state index in [9.17, 15) is 4.39 Å². The second-order valence-corrected chi connectivity index (χ2v) is 3.93. The van der Waals surface area contributed by atoms with Crippen LogP contribution in [0.4, 0.5) is 15.9 Å². The summed E-state index contributed by atoms with van der Waals surface area (Å²) < 4.78 is 13.2. The molecule has 88 valence electrons. The molecule has 0 saturated carbocycles. The van der Waals surface area contributed by atoms with Gasteiger partial charge in [-0.3, -0.25) is 0 Å². The van der Waals surface area contributed by atoms with Gasteiger partial charge in [-0.2, -0.15) is 0 Å². The fraction of sp³-hybridized carbons (Fsp3) is 0.154. The number of rotatable bonds is 3. The first-order valence-corrected chi connectivity index (χ1v) is 5.75. The van der Waals surface area contributed by atoms with Crippen molar-refractivity contribution in [2.75, 3.05) is 11.9 Å². The Bertz CT molecular complexity index is 516. The first-order chi connectivity index (χ1) is 8.22. The van der Waals surface area contributed by atoms with Gasteiger partial charge in [-0.15, -0.1) is 11.6 Å². The van der Waals surface area contributed by atoms with E-state index >= 15 is 0 Å². The lowest BCUT2D eigenvalue weighted by molar-refractivity contribution is 0.628. The van der Waals surface area contributed by atoms with Crippen molar-refractivity contribution < 1.29 is 4.39 Å². The Morgan fingerprint density at radius 1 is 1.29 bits per heavy atom. The van der Waals surface area contributed by atoms with E-state index < -0.39 is 0 Å². The lowest BCUT2D eigenvalue weighted by Crippen LogP contribution is -2.13. The molecule has 0 unspecified atom stereocenters. The third kappa shape index (κ3) is 2.56. The third-order valence-corrected chi connectivity index (χ3v) is 2.81. The number of pyridine rings is 1. The van der Waals surface area contributed by atoms with E-state index in [-0.39, 0.29) is 5.82 Å². The van der Waals surface area contributed by atoms with E-state index in [4.69, 9.17) is 11.6 Å². The van der Waals surface area contributed by atoms with Crippen LogP contribution in [0.3, 0.4) is 0 Å². The monoisotopic (exact) mass is 250 g/mol. The van der Waals surface area contributed by atoms with Gasteiger partial charge >= 0.3 is 0 Å². The molecule has 2 rings (SSSR count). The summed E-state index contributed by atoms with van der Waals surface area (Å²) >= 11 is 5.85. The van der Waals surface area contributed by atoms with E-state index in [2.05, 4.69) is 4.98 Å². The lowest BCUT2D eigenvalue weighted by atomic mass is 10.2. The summed E-state index contributed by atoms with van der Waals surface area (Å²) in [5.41, 5.74) is 1.66. The quantitative estimate of drug-likeness (QED) is 0.772. The fourth-order valence-corrected chi connectivity index (χ4v) is 1.85. The van der Waals surface area contributed by atoms with Crippen LogP contribution < -0.4 is 4.90 Å². The molecule has 2 aromatic rings. The Morgan fingerprint density at radius 3 is 2.82 bits per heavy atom. The molecule has 0 spiro atoms. The minimum absolute atomic E-state index is 0.266. The molecule has 0 amide bonds. The van der Waals surface area contributed by atoms with Gasteiger partial charge in [-0.05, 0) is 24.3 Å². The van der Waals surface area contributed by atoms with Crippen molar-refractivity contribution in [3.05, 3.63) is 54.0 Å². The molecule has 0 saturated heterocycles. The van der Waals surface area contributed by atoms with Crippen LogP contribution >= 0.6 is 11.6 Å². The number of hydrogen-bond acceptors (Lipinski definition) is 2. The standard InChI is InChI=1S/C13H12ClFN2/c1-17(12-6-2-5-11(15)8-12)13-10(9-14)4-3-7-16-13/h2-8H,9H2,1H3. The second kappa shape index (κ2) is 5.15. The minimum atomic E-state index is -0.266. The van der Waals surface area contributed by atoms with Crippen molar-refractivity contribution in [3.8, 4) is 0 Å². The Balaban J connectivity index is 2.40. The van der Waals surface area contributed by atoms with Crippen molar-refractivity contribution in [1.82, 2.24) is 4.98 Å². The molecular weight excluding hydrogens is 239 g/mol. The number of alkyl halides is 1. The van der Waals surface area contributed by atoms with Crippen molar-refractivity contribution in [2.45, 2.75) is 5.88 Å². The summed E-state index contributed by atoms with van der Waals surface area (Å²) in [5.74, 6) is 0.855. The SMILES string of the molecule is CN(c1cccc(F)c1)c1ncccc1CCl. The smallest absolute Gasteiger partial charge is 0.137 e. The molecule has 1 aromatic heterocycles. The molecular formula is C13H12ClFN2. The summed E-state index contributed by atoms with van der Waals surface area (Å²) in [6, 6.07) is 10.1. The van der Waals surface area contributed by atoms with Gasteiger partial charge in [0.1, 0.15) is 11.6 Å². The van der Waals surface area contributed by atoms with Crippen LogP contribution in [0.2, 0.25) is 0 Å². The van der Waals surface area contributed by atoms with Crippen LogP contribution in [0.1, 0.15) is 5.56 Å². The maximum atomic E-state index is 13.2. The van der Waals surface area contributed by atoms with E-state index in [0.717, 1.165) is 17.1 Å². The summed E-state index contributed by atoms with van der Waals surface area (Å²) in [6.07, 6.45) is 1.70. The maximum Gasteiger partial charge on any atom is 0.137 e. The van der Waals surface area contributed by atoms with Gasteiger partial charge in [0.25, 0.3) is 0 Å². The van der Waals surface area contributed by atoms with E-state index in [1.165, 1.54) is 12.1 Å². The number of nitrogens with zero attached hydrogens (tertiary/aromatic N) is 2. The predicted molar refractivity (Wildman–Crippen MR) is 68.3 cm³/mol. The first kappa shape index (κ1) is 11.9. The zero-order valence-corrected chi connectivity index (χ0v) is 10.2. The average Bonchev–Trinajstić information content (AvgIpc) is 2.38. The summed E-state index contributed by atoms with van der Waals surface area (Å²) in [7, 11) is 1.84. The van der Waals surface area contributed by atoms with Crippen LogP contribution in [0.5, 0.6) is 0 Å². The second-order valence-electron chi connectivity index (χ2n) is 3.66. The molecule has 2 nitrogen and oxygen atoms in total. The van der Waals surface area contributed by atoms with E-state index in [0.29, 0.717) is 5.88 Å². The molecule has 0 N–H and O–H groups in total. The van der Waals surface area contributed by atoms with Crippen LogP contribution in [0, 0.1) is 5.82 Å². The highest BCUT2D eigenvalue weighted by molar-refractivity contribution is 6.17. The number of aromatic nitrogens is 1. The molecule has 0 aliphatic rings. The Hall–Kier alpha value is -1.61. The zero-order chi connectivity index (χ0) is 12.3. The van der Waals surface area contributed by atoms with E-state index in [1.807, 2.05) is 30.1 Å². The van der Waals surface area contributed by atoms with Gasteiger partial charge < -0.3 is 4.90 Å². The average molecular weight is 251 g/mol. The maximum absolute atomic E-state index is 13.2. The van der Waals surface area contributed by atoms with Crippen LogP contribution in [0.15, 0.2) is 42.6 Å². The number of halogens is 2. The molecule has 0 aliphatic heterocycles. The highest BCUT2D eigenvalue weighted by Crippen LogP contribution is 2.25. The Labute approximate surface area is 105 Å². The normalized spacial score (nSPS) is 10.3. The van der Waals surface area contributed by atoms with Gasteiger partial charge in [0.2, 0.25) is 0 Å². The van der Waals surface area contributed by atoms with Crippen molar-refractivity contribution in [1.29, 1.82) is 0 Å². The number of benzene rings is 1. The molecule has 0 radical (unpaired) electrons. The fourth-order valence-electron chi connectivity index (χ4n) is 1.64. The predicted octanol–water partition coefficient (Wildman–Crippen LogP) is 3.73. The number of anilines is 2. The number of hydrogen-bond donors (Lipinski definition) is 0. The summed E-state index contributed by atoms with van der Waals surface area (Å²) in [4.78, 5) is 6.09. The third-order valence-electron chi connectivity index (χ3n) is 2.52. The molecule has 1 heterocycles. The molecule has 0 aliphatic carbocycles. The van der Waals surface area contributed by atoms with Gasteiger partial charge in [-0.25, -0.2) is 9.37 Å². The highest BCUT2D eigenvalue weighted by Gasteiger charge is 2.10. The van der Waals surface area contributed by atoms with Crippen LogP contribution in [-0.2, 0) is 5.88 Å². The van der Waals surface area contributed by atoms with Gasteiger partial charge in [0.15, 0.2) is 0 Å². The van der Waals surface area contributed by atoms with Crippen molar-refractivity contribution in [3.63, 3.8) is 0 Å². The largest absolute Gasteiger partial charge is 0.329 e. The van der Waals surface area contributed by atoms with Crippen molar-refractivity contribution in [2.24, 2.45) is 0 Å². The van der Waals surface area contributed by atoms with Crippen LogP contribution in [0.25, 0.3) is 0 Å². The Kier molecular flexibility index (Phi) is 3.59. The molecule has 0 fully saturated rings. The van der Waals surface area contributed by atoms with Gasteiger partial charge in [0, 0.05) is 24.5 Å². The lowest BCUT2D eigenvalue weighted by Gasteiger charge is -2.20. The first-order valence-electron chi connectivity index (χ1n) is 5.21. The molecule has 1 aromatic carbocycles. The topological polar surface area (TPSA) is 16.1 Å². The highest BCUT2D eigenvalue weighted by atomic mass is 35.5. The van der Waals surface area contributed by atoms with Gasteiger partial charge in [0.05, 0.1) is 5.88 Å². The van der Waals surface area contributed by atoms with Gasteiger partial charge in [-0.1, -0.05) is 12.1 Å². The Morgan fingerprint density at radius 2 is 2.12 bits per heavy atom. The van der Waals surface area contributed by atoms with Crippen molar-refractivity contribution >= 4 is 23.1 Å².